The van der Waals surface area contributed by atoms with E-state index in [1.54, 1.807) is 0 Å². The lowest BCUT2D eigenvalue weighted by molar-refractivity contribution is -0.137. The van der Waals surface area contributed by atoms with Crippen LogP contribution in [0.5, 0.6) is 0 Å². The molecular weight excluding hydrogens is 282 g/mol. The summed E-state index contributed by atoms with van der Waals surface area (Å²) in [6.07, 6.45) is 2.86. The highest BCUT2D eigenvalue weighted by Gasteiger charge is 2.47. The lowest BCUT2D eigenvalue weighted by atomic mass is 9.99. The van der Waals surface area contributed by atoms with Gasteiger partial charge in [-0.15, -0.1) is 0 Å². The predicted molar refractivity (Wildman–Crippen MR) is 82.4 cm³/mol. The van der Waals surface area contributed by atoms with Crippen molar-refractivity contribution in [3.05, 3.63) is 0 Å². The lowest BCUT2D eigenvalue weighted by Gasteiger charge is -2.33. The Morgan fingerprint density at radius 1 is 1.18 bits per heavy atom. The van der Waals surface area contributed by atoms with Gasteiger partial charge < -0.3 is 19.9 Å². The highest BCUT2D eigenvalue weighted by molar-refractivity contribution is 5.80. The summed E-state index contributed by atoms with van der Waals surface area (Å²) in [5.41, 5.74) is 0. The molecule has 0 aromatic heterocycles. The number of hydrogen-bond acceptors (Lipinski definition) is 3. The van der Waals surface area contributed by atoms with E-state index in [2.05, 4.69) is 19.2 Å². The number of carbonyl (C=O) groups excluding carboxylic acids is 2. The van der Waals surface area contributed by atoms with Gasteiger partial charge in [-0.2, -0.15) is 0 Å². The van der Waals surface area contributed by atoms with E-state index in [1.807, 2.05) is 9.80 Å². The van der Waals surface area contributed by atoms with Crippen molar-refractivity contribution in [2.24, 2.45) is 11.8 Å². The number of rotatable bonds is 3. The minimum absolute atomic E-state index is 0.0140. The molecule has 124 valence electrons. The van der Waals surface area contributed by atoms with Gasteiger partial charge >= 0.3 is 6.03 Å². The highest BCUT2D eigenvalue weighted by atomic mass is 16.5. The van der Waals surface area contributed by atoms with E-state index in [1.165, 1.54) is 0 Å². The van der Waals surface area contributed by atoms with Crippen LogP contribution in [0.2, 0.25) is 0 Å². The van der Waals surface area contributed by atoms with Crippen molar-refractivity contribution in [3.63, 3.8) is 0 Å². The molecule has 3 amide bonds. The van der Waals surface area contributed by atoms with Gasteiger partial charge in [0.05, 0.1) is 18.1 Å². The van der Waals surface area contributed by atoms with Gasteiger partial charge in [-0.1, -0.05) is 13.8 Å². The summed E-state index contributed by atoms with van der Waals surface area (Å²) in [7, 11) is 0. The maximum Gasteiger partial charge on any atom is 0.317 e. The van der Waals surface area contributed by atoms with Gasteiger partial charge in [-0.3, -0.25) is 4.79 Å². The smallest absolute Gasteiger partial charge is 0.317 e. The minimum atomic E-state index is -0.128. The summed E-state index contributed by atoms with van der Waals surface area (Å²) >= 11 is 0. The van der Waals surface area contributed by atoms with Crippen LogP contribution in [0.15, 0.2) is 0 Å². The number of amides is 3. The Morgan fingerprint density at radius 3 is 2.59 bits per heavy atom. The Bertz CT molecular complexity index is 434. The Labute approximate surface area is 132 Å². The number of hydrogen-bond donors (Lipinski definition) is 1. The summed E-state index contributed by atoms with van der Waals surface area (Å²) in [5.74, 6) is 0.603. The highest BCUT2D eigenvalue weighted by Crippen LogP contribution is 2.33. The molecule has 3 aliphatic rings. The Morgan fingerprint density at radius 2 is 1.91 bits per heavy atom. The van der Waals surface area contributed by atoms with E-state index < -0.39 is 0 Å². The van der Waals surface area contributed by atoms with Crippen molar-refractivity contribution < 1.29 is 14.3 Å². The number of morpholine rings is 1. The fourth-order valence-electron chi connectivity index (χ4n) is 3.66. The molecule has 3 saturated heterocycles. The summed E-state index contributed by atoms with van der Waals surface area (Å²) in [4.78, 5) is 28.6. The molecule has 0 aromatic carbocycles. The SMILES string of the molecule is CC(C)CNC(=O)N1C[C@@H]2C[C@@H](C(=O)N3CCCC3)[C@H](C1)O2. The molecule has 0 aliphatic carbocycles. The first-order valence-electron chi connectivity index (χ1n) is 8.51. The van der Waals surface area contributed by atoms with E-state index in [0.717, 1.165) is 32.4 Å². The van der Waals surface area contributed by atoms with Gasteiger partial charge in [0.15, 0.2) is 0 Å². The van der Waals surface area contributed by atoms with Crippen molar-refractivity contribution in [2.45, 2.75) is 45.3 Å². The standard InChI is InChI=1S/C16H27N3O3/c1-11(2)8-17-16(21)19-9-12-7-13(14(10-19)22-12)15(20)18-5-3-4-6-18/h11-14H,3-10H2,1-2H3,(H,17,21)/t12-,13+,14-/m0/s1. The average Bonchev–Trinajstić information content (AvgIpc) is 3.12. The van der Waals surface area contributed by atoms with Crippen LogP contribution < -0.4 is 5.32 Å². The van der Waals surface area contributed by atoms with Crippen LogP contribution in [0, 0.1) is 11.8 Å². The van der Waals surface area contributed by atoms with E-state index in [0.29, 0.717) is 25.6 Å². The van der Waals surface area contributed by atoms with Gasteiger partial charge in [0.2, 0.25) is 5.91 Å². The molecule has 6 nitrogen and oxygen atoms in total. The quantitative estimate of drug-likeness (QED) is 0.848. The van der Waals surface area contributed by atoms with Crippen molar-refractivity contribution in [3.8, 4) is 0 Å². The van der Waals surface area contributed by atoms with Gasteiger partial charge in [0.1, 0.15) is 0 Å². The van der Waals surface area contributed by atoms with Crippen molar-refractivity contribution in [2.75, 3.05) is 32.7 Å². The topological polar surface area (TPSA) is 61.9 Å². The third kappa shape index (κ3) is 3.21. The van der Waals surface area contributed by atoms with Crippen LogP contribution in [0.25, 0.3) is 0 Å². The first kappa shape index (κ1) is 15.6. The fraction of sp³-hybridized carbons (Fsp3) is 0.875. The molecule has 1 N–H and O–H groups in total. The average molecular weight is 309 g/mol. The molecular formula is C16H27N3O3. The molecule has 6 heteroatoms. The number of likely N-dealkylation sites (tertiary alicyclic amines) is 2. The molecule has 22 heavy (non-hydrogen) atoms. The van der Waals surface area contributed by atoms with E-state index in [4.69, 9.17) is 4.74 Å². The number of ether oxygens (including phenoxy) is 1. The molecule has 2 bridgehead atoms. The van der Waals surface area contributed by atoms with Gasteiger partial charge in [-0.25, -0.2) is 4.79 Å². The largest absolute Gasteiger partial charge is 0.370 e. The molecule has 0 unspecified atom stereocenters. The molecule has 3 heterocycles. The number of nitrogens with one attached hydrogen (secondary N) is 1. The zero-order valence-corrected chi connectivity index (χ0v) is 13.6. The second-order valence-corrected chi connectivity index (χ2v) is 7.16. The van der Waals surface area contributed by atoms with Crippen LogP contribution in [-0.2, 0) is 9.53 Å². The van der Waals surface area contributed by atoms with Crippen LogP contribution in [0.4, 0.5) is 4.79 Å². The number of nitrogens with zero attached hydrogens (tertiary/aromatic N) is 2. The van der Waals surface area contributed by atoms with Crippen molar-refractivity contribution in [1.82, 2.24) is 15.1 Å². The summed E-state index contributed by atoms with van der Waals surface area (Å²) < 4.78 is 5.93. The van der Waals surface area contributed by atoms with Crippen LogP contribution in [-0.4, -0.2) is 66.7 Å². The van der Waals surface area contributed by atoms with E-state index in [9.17, 15) is 9.59 Å². The van der Waals surface area contributed by atoms with Crippen molar-refractivity contribution >= 4 is 11.9 Å². The minimum Gasteiger partial charge on any atom is -0.370 e. The molecule has 3 rings (SSSR count). The maximum absolute atomic E-state index is 12.6. The molecule has 0 spiro atoms. The molecule has 3 atom stereocenters. The van der Waals surface area contributed by atoms with E-state index in [-0.39, 0.29) is 30.1 Å². The fourth-order valence-corrected chi connectivity index (χ4v) is 3.66. The number of fused-ring (bicyclic) bond motifs is 2. The molecule has 0 aromatic rings. The first-order chi connectivity index (χ1) is 10.5. The van der Waals surface area contributed by atoms with Gasteiger partial charge in [0, 0.05) is 32.7 Å². The van der Waals surface area contributed by atoms with Crippen LogP contribution in [0.3, 0.4) is 0 Å². The van der Waals surface area contributed by atoms with Gasteiger partial charge in [-0.05, 0) is 25.2 Å². The third-order valence-electron chi connectivity index (χ3n) is 4.84. The molecule has 3 aliphatic heterocycles. The number of carbonyl (C=O) groups is 2. The zero-order chi connectivity index (χ0) is 15.7. The third-order valence-corrected chi connectivity index (χ3v) is 4.84. The van der Waals surface area contributed by atoms with E-state index >= 15 is 0 Å². The molecule has 0 saturated carbocycles. The Hall–Kier alpha value is -1.30. The van der Waals surface area contributed by atoms with Crippen LogP contribution in [0.1, 0.15) is 33.1 Å². The number of urea groups is 1. The Balaban J connectivity index is 1.57. The second-order valence-electron chi connectivity index (χ2n) is 7.16. The Kier molecular flexibility index (Phi) is 4.57. The maximum atomic E-state index is 12.6. The monoisotopic (exact) mass is 309 g/mol. The first-order valence-corrected chi connectivity index (χ1v) is 8.51. The molecule has 0 radical (unpaired) electrons. The lowest BCUT2D eigenvalue weighted by Crippen LogP contribution is -2.51. The molecule has 3 fully saturated rings. The summed E-state index contributed by atoms with van der Waals surface area (Å²) in [5, 5.41) is 2.96. The second kappa shape index (κ2) is 6.44. The summed E-state index contributed by atoms with van der Waals surface area (Å²) in [6.45, 7) is 7.73. The van der Waals surface area contributed by atoms with Gasteiger partial charge in [0.25, 0.3) is 0 Å². The zero-order valence-electron chi connectivity index (χ0n) is 13.6. The normalized spacial score (nSPS) is 31.0. The summed E-state index contributed by atoms with van der Waals surface area (Å²) in [6, 6.07) is -0.0266. The van der Waals surface area contributed by atoms with Crippen molar-refractivity contribution in [1.29, 1.82) is 0 Å². The predicted octanol–water partition coefficient (Wildman–Crippen LogP) is 1.06. The van der Waals surface area contributed by atoms with Crippen LogP contribution >= 0.6 is 0 Å².